The van der Waals surface area contributed by atoms with Crippen molar-refractivity contribution >= 4 is 56.3 Å². The van der Waals surface area contributed by atoms with E-state index in [-0.39, 0.29) is 10.6 Å². The quantitative estimate of drug-likeness (QED) is 0.568. The van der Waals surface area contributed by atoms with Crippen LogP contribution >= 0.6 is 34.4 Å². The van der Waals surface area contributed by atoms with Gasteiger partial charge >= 0.3 is 5.97 Å². The Labute approximate surface area is 130 Å². The van der Waals surface area contributed by atoms with Crippen molar-refractivity contribution < 1.29 is 14.8 Å². The highest BCUT2D eigenvalue weighted by Gasteiger charge is 2.24. The second-order valence-electron chi connectivity index (χ2n) is 3.90. The number of carboxylic acids is 1. The minimum Gasteiger partial charge on any atom is -0.477 e. The highest BCUT2D eigenvalue weighted by Crippen LogP contribution is 2.43. The first kappa shape index (κ1) is 14.0. The van der Waals surface area contributed by atoms with Crippen LogP contribution in [0.4, 0.5) is 5.69 Å². The molecule has 3 aromatic rings. The molecule has 1 aromatic carbocycles. The van der Waals surface area contributed by atoms with Gasteiger partial charge in [-0.1, -0.05) is 12.1 Å². The van der Waals surface area contributed by atoms with E-state index in [1.807, 2.05) is 24.3 Å². The molecule has 0 radical (unpaired) electrons. The number of aromatic carboxylic acids is 1. The summed E-state index contributed by atoms with van der Waals surface area (Å²) >= 11 is 3.44. The number of hydrogen-bond donors (Lipinski definition) is 1. The molecule has 0 aliphatic carbocycles. The lowest BCUT2D eigenvalue weighted by atomic mass is 10.3. The summed E-state index contributed by atoms with van der Waals surface area (Å²) in [5, 5.41) is 20.0. The van der Waals surface area contributed by atoms with E-state index in [2.05, 4.69) is 4.98 Å². The molecule has 0 aliphatic rings. The van der Waals surface area contributed by atoms with Crippen LogP contribution in [-0.4, -0.2) is 21.0 Å². The molecule has 1 N–H and O–H groups in total. The van der Waals surface area contributed by atoms with Crippen LogP contribution in [0.5, 0.6) is 0 Å². The first-order valence-electron chi connectivity index (χ1n) is 5.59. The molecule has 0 saturated carbocycles. The number of benzene rings is 1. The second-order valence-corrected chi connectivity index (χ2v) is 7.49. The maximum absolute atomic E-state index is 11.0. The van der Waals surface area contributed by atoms with Gasteiger partial charge in [-0.3, -0.25) is 10.1 Å². The number of nitro groups is 1. The number of carboxylic acid groups (broad SMARTS) is 1. The van der Waals surface area contributed by atoms with E-state index in [1.165, 1.54) is 11.3 Å². The van der Waals surface area contributed by atoms with Crippen LogP contribution in [-0.2, 0) is 0 Å². The van der Waals surface area contributed by atoms with Gasteiger partial charge in [-0.05, 0) is 23.9 Å². The van der Waals surface area contributed by atoms with E-state index in [0.29, 0.717) is 8.55 Å². The van der Waals surface area contributed by atoms with Gasteiger partial charge in [0.1, 0.15) is 9.09 Å². The highest BCUT2D eigenvalue weighted by atomic mass is 32.2. The third-order valence-corrected chi connectivity index (χ3v) is 5.94. The Morgan fingerprint density at radius 2 is 2.10 bits per heavy atom. The number of para-hydroxylation sites is 1. The van der Waals surface area contributed by atoms with Gasteiger partial charge < -0.3 is 5.11 Å². The molecule has 0 atom stereocenters. The van der Waals surface area contributed by atoms with E-state index in [4.69, 9.17) is 5.11 Å². The zero-order valence-electron chi connectivity index (χ0n) is 10.2. The topological polar surface area (TPSA) is 93.3 Å². The summed E-state index contributed by atoms with van der Waals surface area (Å²) in [4.78, 5) is 25.7. The molecule has 21 heavy (non-hydrogen) atoms. The molecule has 2 heterocycles. The number of aromatic nitrogens is 1. The van der Waals surface area contributed by atoms with Crippen LogP contribution in [0.1, 0.15) is 9.67 Å². The van der Waals surface area contributed by atoms with Gasteiger partial charge in [0.25, 0.3) is 5.69 Å². The molecule has 0 spiro atoms. The Morgan fingerprint density at radius 1 is 1.33 bits per heavy atom. The average Bonchev–Trinajstić information content (AvgIpc) is 3.02. The Balaban J connectivity index is 2.00. The molecular formula is C12H6N2O4S3. The van der Waals surface area contributed by atoms with Crippen LogP contribution in [0.15, 0.2) is 38.9 Å². The maximum atomic E-state index is 11.0. The normalized spacial score (nSPS) is 10.9. The minimum atomic E-state index is -1.17. The number of thiophene rings is 1. The number of rotatable bonds is 4. The average molecular weight is 338 g/mol. The highest BCUT2D eigenvalue weighted by molar-refractivity contribution is 8.03. The molecule has 3 rings (SSSR count). The number of thiazole rings is 1. The standard InChI is InChI=1S/C12H6N2O4S3/c15-10(16)9-5-7(14(17)18)11(19-9)21-12-13-6-3-1-2-4-8(6)20-12/h1-5H,(H,15,16). The van der Waals surface area contributed by atoms with Gasteiger partial charge in [-0.2, -0.15) is 0 Å². The molecular weight excluding hydrogens is 332 g/mol. The van der Waals surface area contributed by atoms with Gasteiger partial charge in [-0.15, -0.1) is 22.7 Å². The lowest BCUT2D eigenvalue weighted by molar-refractivity contribution is -0.387. The Kier molecular flexibility index (Phi) is 3.62. The third-order valence-electron chi connectivity index (χ3n) is 2.54. The monoisotopic (exact) mass is 338 g/mol. The molecule has 2 aromatic heterocycles. The van der Waals surface area contributed by atoms with Crippen LogP contribution in [0.3, 0.4) is 0 Å². The number of nitrogens with zero attached hydrogens (tertiary/aromatic N) is 2. The van der Waals surface area contributed by atoms with Crippen LogP contribution in [0.2, 0.25) is 0 Å². The Bertz CT molecular complexity index is 822. The largest absolute Gasteiger partial charge is 0.477 e. The van der Waals surface area contributed by atoms with Gasteiger partial charge in [0.05, 0.1) is 15.1 Å². The maximum Gasteiger partial charge on any atom is 0.346 e. The molecule has 0 aliphatic heterocycles. The molecule has 9 heteroatoms. The molecule has 106 valence electrons. The molecule has 0 fully saturated rings. The molecule has 6 nitrogen and oxygen atoms in total. The van der Waals surface area contributed by atoms with Gasteiger partial charge in [0.2, 0.25) is 0 Å². The fraction of sp³-hybridized carbons (Fsp3) is 0. The summed E-state index contributed by atoms with van der Waals surface area (Å²) in [7, 11) is 0. The first-order valence-corrected chi connectivity index (χ1v) is 8.04. The van der Waals surface area contributed by atoms with E-state index in [0.717, 1.165) is 39.4 Å². The smallest absolute Gasteiger partial charge is 0.346 e. The number of fused-ring (bicyclic) bond motifs is 1. The van der Waals surface area contributed by atoms with Crippen LogP contribution in [0.25, 0.3) is 10.2 Å². The number of hydrogen-bond acceptors (Lipinski definition) is 7. The van der Waals surface area contributed by atoms with Gasteiger partial charge in [-0.25, -0.2) is 9.78 Å². The Hall–Kier alpha value is -1.97. The second kappa shape index (κ2) is 5.43. The van der Waals surface area contributed by atoms with E-state index in [1.54, 1.807) is 0 Å². The van der Waals surface area contributed by atoms with Gasteiger partial charge in [0, 0.05) is 6.07 Å². The van der Waals surface area contributed by atoms with Crippen molar-refractivity contribution in [1.82, 2.24) is 4.98 Å². The molecule has 0 bridgehead atoms. The van der Waals surface area contributed by atoms with Crippen molar-refractivity contribution in [2.75, 3.05) is 0 Å². The summed E-state index contributed by atoms with van der Waals surface area (Å²) in [5.74, 6) is -1.17. The minimum absolute atomic E-state index is 0.0506. The van der Waals surface area contributed by atoms with E-state index < -0.39 is 10.9 Å². The summed E-state index contributed by atoms with van der Waals surface area (Å²) < 4.78 is 1.97. The predicted molar refractivity (Wildman–Crippen MR) is 81.7 cm³/mol. The molecule has 0 unspecified atom stereocenters. The lowest BCUT2D eigenvalue weighted by Gasteiger charge is -1.92. The van der Waals surface area contributed by atoms with Crippen LogP contribution < -0.4 is 0 Å². The lowest BCUT2D eigenvalue weighted by Crippen LogP contribution is -1.91. The predicted octanol–water partition coefficient (Wildman–Crippen LogP) is 4.12. The SMILES string of the molecule is O=C(O)c1cc([N+](=O)[O-])c(Sc2nc3ccccc3s2)s1. The number of carbonyl (C=O) groups is 1. The fourth-order valence-corrected chi connectivity index (χ4v) is 5.09. The van der Waals surface area contributed by atoms with E-state index >= 15 is 0 Å². The van der Waals surface area contributed by atoms with Crippen molar-refractivity contribution in [3.05, 3.63) is 45.3 Å². The zero-order valence-corrected chi connectivity index (χ0v) is 12.6. The molecule has 0 saturated heterocycles. The summed E-state index contributed by atoms with van der Waals surface area (Å²) in [6.07, 6.45) is 0. The zero-order chi connectivity index (χ0) is 15.0. The Morgan fingerprint density at radius 3 is 2.76 bits per heavy atom. The summed E-state index contributed by atoms with van der Waals surface area (Å²) in [6, 6.07) is 8.63. The van der Waals surface area contributed by atoms with Crippen molar-refractivity contribution in [2.24, 2.45) is 0 Å². The fourth-order valence-electron chi connectivity index (χ4n) is 1.64. The summed E-state index contributed by atoms with van der Waals surface area (Å²) in [6.45, 7) is 0. The van der Waals surface area contributed by atoms with Crippen molar-refractivity contribution in [2.45, 2.75) is 8.55 Å². The third kappa shape index (κ3) is 2.75. The molecule has 0 amide bonds. The summed E-state index contributed by atoms with van der Waals surface area (Å²) in [5.41, 5.74) is 0.629. The van der Waals surface area contributed by atoms with Gasteiger partial charge in [0.15, 0.2) is 4.34 Å². The van der Waals surface area contributed by atoms with Crippen LogP contribution in [0, 0.1) is 10.1 Å². The van der Waals surface area contributed by atoms with Crippen molar-refractivity contribution in [3.8, 4) is 0 Å². The van der Waals surface area contributed by atoms with Crippen molar-refractivity contribution in [3.63, 3.8) is 0 Å². The first-order chi connectivity index (χ1) is 10.0. The van der Waals surface area contributed by atoms with E-state index in [9.17, 15) is 14.9 Å². The van der Waals surface area contributed by atoms with Crippen molar-refractivity contribution in [1.29, 1.82) is 0 Å².